The van der Waals surface area contributed by atoms with Crippen LogP contribution in [0.3, 0.4) is 0 Å². The Labute approximate surface area is 198 Å². The summed E-state index contributed by atoms with van der Waals surface area (Å²) in [5, 5.41) is 4.81. The number of hydrazine groups is 1. The zero-order chi connectivity index (χ0) is 24.1. The predicted octanol–water partition coefficient (Wildman–Crippen LogP) is 1.64. The van der Waals surface area contributed by atoms with Crippen molar-refractivity contribution in [3.05, 3.63) is 51.7 Å². The summed E-state index contributed by atoms with van der Waals surface area (Å²) in [6.45, 7) is -0.952. The number of carbonyl (C=O) groups excluding carboxylic acids is 5. The van der Waals surface area contributed by atoms with E-state index in [2.05, 4.69) is 16.2 Å². The Balaban J connectivity index is 1.50. The Morgan fingerprint density at radius 3 is 2.21 bits per heavy atom. The van der Waals surface area contributed by atoms with Gasteiger partial charge in [0.15, 0.2) is 19.0 Å². The smallest absolute Gasteiger partial charge is 0.308 e. The quantitative estimate of drug-likeness (QED) is 0.231. The Morgan fingerprint density at radius 1 is 0.848 bits per heavy atom. The minimum Gasteiger partial charge on any atom is -0.484 e. The number of ketones is 1. The van der Waals surface area contributed by atoms with Crippen molar-refractivity contribution in [2.75, 3.05) is 19.8 Å². The molecule has 0 atom stereocenters. The van der Waals surface area contributed by atoms with E-state index in [9.17, 15) is 24.0 Å². The number of benzene rings is 1. The van der Waals surface area contributed by atoms with Crippen molar-refractivity contribution < 1.29 is 33.4 Å². The van der Waals surface area contributed by atoms with E-state index in [4.69, 9.17) is 21.1 Å². The van der Waals surface area contributed by atoms with Gasteiger partial charge in [-0.05, 0) is 35.7 Å². The SMILES string of the molecule is O=C(CCC(=O)c1cccs1)NCCC(=O)OCC(=O)NNC(=O)COc1ccc(Cl)cc1. The van der Waals surface area contributed by atoms with Crippen molar-refractivity contribution >= 4 is 52.4 Å². The molecule has 0 aliphatic rings. The first-order valence-electron chi connectivity index (χ1n) is 9.78. The fourth-order valence-electron chi connectivity index (χ4n) is 2.29. The summed E-state index contributed by atoms with van der Waals surface area (Å²) in [5.41, 5.74) is 4.19. The van der Waals surface area contributed by atoms with E-state index in [0.717, 1.165) is 0 Å². The highest BCUT2D eigenvalue weighted by molar-refractivity contribution is 7.12. The van der Waals surface area contributed by atoms with Crippen LogP contribution in [0.2, 0.25) is 5.02 Å². The second-order valence-electron chi connectivity index (χ2n) is 6.50. The summed E-state index contributed by atoms with van der Waals surface area (Å²) in [7, 11) is 0. The average Bonchev–Trinajstić information content (AvgIpc) is 3.34. The van der Waals surface area contributed by atoms with E-state index in [1.54, 1.807) is 41.8 Å². The average molecular weight is 496 g/mol. The number of rotatable bonds is 12. The first-order chi connectivity index (χ1) is 15.8. The molecule has 1 aromatic heterocycles. The Bertz CT molecular complexity index is 965. The molecule has 3 N–H and O–H groups in total. The van der Waals surface area contributed by atoms with Crippen molar-refractivity contribution in [3.63, 3.8) is 0 Å². The highest BCUT2D eigenvalue weighted by Gasteiger charge is 2.12. The summed E-state index contributed by atoms with van der Waals surface area (Å²) in [6, 6.07) is 9.82. The molecule has 0 bridgehead atoms. The molecule has 176 valence electrons. The third kappa shape index (κ3) is 10.6. The topological polar surface area (TPSA) is 140 Å². The largest absolute Gasteiger partial charge is 0.484 e. The van der Waals surface area contributed by atoms with E-state index < -0.39 is 24.4 Å². The predicted molar refractivity (Wildman–Crippen MR) is 120 cm³/mol. The number of nitrogens with one attached hydrogen (secondary N) is 3. The molecule has 10 nitrogen and oxygen atoms in total. The molecule has 3 amide bonds. The number of halogens is 1. The fourth-order valence-corrected chi connectivity index (χ4v) is 3.11. The molecular formula is C21H22ClN3O7S. The summed E-state index contributed by atoms with van der Waals surface area (Å²) in [4.78, 5) is 59.1. The van der Waals surface area contributed by atoms with Gasteiger partial charge in [0, 0.05) is 24.4 Å². The molecule has 0 radical (unpaired) electrons. The van der Waals surface area contributed by atoms with Gasteiger partial charge in [-0.3, -0.25) is 34.8 Å². The minimum absolute atomic E-state index is 0.00521. The molecule has 0 aliphatic heterocycles. The Morgan fingerprint density at radius 2 is 1.55 bits per heavy atom. The minimum atomic E-state index is -0.751. The van der Waals surface area contributed by atoms with Crippen molar-refractivity contribution in [1.82, 2.24) is 16.2 Å². The normalized spacial score (nSPS) is 10.1. The van der Waals surface area contributed by atoms with Gasteiger partial charge >= 0.3 is 5.97 Å². The molecule has 33 heavy (non-hydrogen) atoms. The van der Waals surface area contributed by atoms with E-state index >= 15 is 0 Å². The lowest BCUT2D eigenvalue weighted by Crippen LogP contribution is -2.45. The lowest BCUT2D eigenvalue weighted by Gasteiger charge is -2.09. The molecule has 0 saturated heterocycles. The molecule has 0 unspecified atom stereocenters. The molecule has 1 aromatic carbocycles. The molecule has 0 fully saturated rings. The summed E-state index contributed by atoms with van der Waals surface area (Å²) < 4.78 is 9.96. The highest BCUT2D eigenvalue weighted by atomic mass is 35.5. The van der Waals surface area contributed by atoms with Gasteiger partial charge in [-0.2, -0.15) is 0 Å². The maximum Gasteiger partial charge on any atom is 0.308 e. The first kappa shape index (κ1) is 25.8. The monoisotopic (exact) mass is 495 g/mol. The van der Waals surface area contributed by atoms with E-state index in [1.165, 1.54) is 11.3 Å². The van der Waals surface area contributed by atoms with Crippen LogP contribution in [-0.4, -0.2) is 49.2 Å². The third-order valence-electron chi connectivity index (χ3n) is 3.92. The number of hydrogen-bond donors (Lipinski definition) is 3. The number of hydrogen-bond acceptors (Lipinski definition) is 8. The number of ether oxygens (including phenoxy) is 2. The van der Waals surface area contributed by atoms with Crippen LogP contribution in [0, 0.1) is 0 Å². The number of esters is 1. The van der Waals surface area contributed by atoms with Gasteiger partial charge < -0.3 is 14.8 Å². The number of thiophene rings is 1. The van der Waals surface area contributed by atoms with Crippen molar-refractivity contribution in [1.29, 1.82) is 0 Å². The summed E-state index contributed by atoms with van der Waals surface area (Å²) >= 11 is 7.05. The van der Waals surface area contributed by atoms with E-state index in [0.29, 0.717) is 15.6 Å². The van der Waals surface area contributed by atoms with Gasteiger partial charge in [-0.1, -0.05) is 17.7 Å². The highest BCUT2D eigenvalue weighted by Crippen LogP contribution is 2.15. The van der Waals surface area contributed by atoms with Crippen LogP contribution in [0.4, 0.5) is 0 Å². The number of carbonyl (C=O) groups is 5. The number of amides is 3. The van der Waals surface area contributed by atoms with Gasteiger partial charge in [0.1, 0.15) is 5.75 Å². The fraction of sp³-hybridized carbons (Fsp3) is 0.286. The second-order valence-corrected chi connectivity index (χ2v) is 7.88. The van der Waals surface area contributed by atoms with E-state index in [1.807, 2.05) is 0 Å². The lowest BCUT2D eigenvalue weighted by molar-refractivity contribution is -0.149. The van der Waals surface area contributed by atoms with Crippen LogP contribution in [0.5, 0.6) is 5.75 Å². The van der Waals surface area contributed by atoms with Gasteiger partial charge in [0.25, 0.3) is 11.8 Å². The molecule has 0 spiro atoms. The van der Waals surface area contributed by atoms with Crippen molar-refractivity contribution in [3.8, 4) is 5.75 Å². The third-order valence-corrected chi connectivity index (χ3v) is 5.08. The van der Waals surface area contributed by atoms with Crippen LogP contribution in [0.25, 0.3) is 0 Å². The van der Waals surface area contributed by atoms with Crippen LogP contribution < -0.4 is 20.9 Å². The summed E-state index contributed by atoms with van der Waals surface area (Å²) in [5.74, 6) is -2.14. The van der Waals surface area contributed by atoms with Gasteiger partial charge in [0.2, 0.25) is 5.91 Å². The number of Topliss-reactive ketones (excluding diaryl/α,β-unsaturated/α-hetero) is 1. The van der Waals surface area contributed by atoms with Gasteiger partial charge in [-0.25, -0.2) is 0 Å². The molecule has 12 heteroatoms. The van der Waals surface area contributed by atoms with Gasteiger partial charge in [0.05, 0.1) is 11.3 Å². The molecule has 0 aliphatic carbocycles. The van der Waals surface area contributed by atoms with Crippen molar-refractivity contribution in [2.45, 2.75) is 19.3 Å². The maximum atomic E-state index is 11.8. The molecular weight excluding hydrogens is 474 g/mol. The lowest BCUT2D eigenvalue weighted by atomic mass is 10.2. The van der Waals surface area contributed by atoms with Crippen LogP contribution in [0.1, 0.15) is 28.9 Å². The Kier molecular flexibility index (Phi) is 10.8. The molecule has 2 rings (SSSR count). The zero-order valence-electron chi connectivity index (χ0n) is 17.4. The van der Waals surface area contributed by atoms with Crippen LogP contribution >= 0.6 is 22.9 Å². The Hall–Kier alpha value is -3.44. The second kappa shape index (κ2) is 13.9. The van der Waals surface area contributed by atoms with Crippen LogP contribution in [0.15, 0.2) is 41.8 Å². The zero-order valence-corrected chi connectivity index (χ0v) is 19.0. The molecule has 0 saturated carbocycles. The van der Waals surface area contributed by atoms with E-state index in [-0.39, 0.29) is 44.1 Å². The maximum absolute atomic E-state index is 11.8. The molecule has 2 aromatic rings. The van der Waals surface area contributed by atoms with Crippen molar-refractivity contribution in [2.24, 2.45) is 0 Å². The van der Waals surface area contributed by atoms with Crippen LogP contribution in [-0.2, 0) is 23.9 Å². The standard InChI is InChI=1S/C21H22ClN3O7S/c22-14-3-5-15(6-4-14)31-12-19(28)24-25-20(29)13-32-21(30)9-10-23-18(27)8-7-16(26)17-2-1-11-33-17/h1-6,11H,7-10,12-13H2,(H,23,27)(H,24,28)(H,25,29). The summed E-state index contributed by atoms with van der Waals surface area (Å²) in [6.07, 6.45) is -0.0672. The van der Waals surface area contributed by atoms with Gasteiger partial charge in [-0.15, -0.1) is 11.3 Å². The first-order valence-corrected chi connectivity index (χ1v) is 11.0. The molecule has 1 heterocycles.